The minimum Gasteiger partial charge on any atom is -0.375 e. The first kappa shape index (κ1) is 15.3. The van der Waals surface area contributed by atoms with E-state index in [2.05, 4.69) is 26.1 Å². The molecule has 112 valence electrons. The van der Waals surface area contributed by atoms with Crippen molar-refractivity contribution in [1.82, 2.24) is 5.32 Å². The summed E-state index contributed by atoms with van der Waals surface area (Å²) < 4.78 is 6.18. The van der Waals surface area contributed by atoms with Crippen LogP contribution in [0.15, 0.2) is 0 Å². The molecular weight excluding hydrogens is 234 g/mol. The average molecular weight is 267 g/mol. The highest BCUT2D eigenvalue weighted by Crippen LogP contribution is 2.47. The number of nitrogens with one attached hydrogen (secondary N) is 1. The van der Waals surface area contributed by atoms with E-state index in [0.717, 1.165) is 19.1 Å². The van der Waals surface area contributed by atoms with Crippen molar-refractivity contribution < 1.29 is 4.74 Å². The van der Waals surface area contributed by atoms with E-state index in [0.29, 0.717) is 5.41 Å². The first-order valence-electron chi connectivity index (χ1n) is 8.43. The van der Waals surface area contributed by atoms with Crippen molar-refractivity contribution >= 4 is 0 Å². The molecule has 0 aromatic rings. The third kappa shape index (κ3) is 3.95. The Labute approximate surface area is 119 Å². The van der Waals surface area contributed by atoms with Gasteiger partial charge in [-0.25, -0.2) is 0 Å². The van der Waals surface area contributed by atoms with Crippen LogP contribution in [-0.4, -0.2) is 25.3 Å². The van der Waals surface area contributed by atoms with Gasteiger partial charge in [0, 0.05) is 6.61 Å². The standard InChI is InChI=1S/C17H33NO/c1-4-11-18-12-10-16(2,3)15-7-13-19-17(14-15)8-5-6-9-17/h15,18H,4-14H2,1-3H3. The van der Waals surface area contributed by atoms with Crippen molar-refractivity contribution in [2.45, 2.75) is 77.7 Å². The van der Waals surface area contributed by atoms with Crippen LogP contribution in [0, 0.1) is 11.3 Å². The topological polar surface area (TPSA) is 21.3 Å². The van der Waals surface area contributed by atoms with Crippen LogP contribution in [0.1, 0.15) is 72.1 Å². The lowest BCUT2D eigenvalue weighted by Gasteiger charge is -2.45. The SMILES string of the molecule is CCCNCCC(C)(C)C1CCOC2(CCCC2)C1. The van der Waals surface area contributed by atoms with Crippen LogP contribution < -0.4 is 5.32 Å². The Morgan fingerprint density at radius 3 is 2.63 bits per heavy atom. The molecule has 1 aliphatic carbocycles. The van der Waals surface area contributed by atoms with Crippen LogP contribution in [0.5, 0.6) is 0 Å². The number of hydrogen-bond donors (Lipinski definition) is 1. The predicted octanol–water partition coefficient (Wildman–Crippen LogP) is 4.14. The summed E-state index contributed by atoms with van der Waals surface area (Å²) in [6.07, 6.45) is 10.5. The van der Waals surface area contributed by atoms with E-state index < -0.39 is 0 Å². The van der Waals surface area contributed by atoms with E-state index in [4.69, 9.17) is 4.74 Å². The lowest BCUT2D eigenvalue weighted by atomic mass is 9.68. The van der Waals surface area contributed by atoms with Gasteiger partial charge in [0.2, 0.25) is 0 Å². The predicted molar refractivity (Wildman–Crippen MR) is 81.4 cm³/mol. The van der Waals surface area contributed by atoms with E-state index in [-0.39, 0.29) is 5.60 Å². The molecule has 1 saturated heterocycles. The maximum atomic E-state index is 6.18. The molecule has 2 fully saturated rings. The maximum absolute atomic E-state index is 6.18. The maximum Gasteiger partial charge on any atom is 0.0685 e. The smallest absolute Gasteiger partial charge is 0.0685 e. The molecule has 1 spiro atoms. The van der Waals surface area contributed by atoms with Crippen LogP contribution >= 0.6 is 0 Å². The molecule has 2 heteroatoms. The van der Waals surface area contributed by atoms with Crippen LogP contribution in [-0.2, 0) is 4.74 Å². The minimum atomic E-state index is 0.275. The zero-order valence-electron chi connectivity index (χ0n) is 13.3. The Balaban J connectivity index is 1.84. The first-order valence-corrected chi connectivity index (χ1v) is 8.43. The third-order valence-corrected chi connectivity index (χ3v) is 5.49. The molecule has 2 aliphatic rings. The summed E-state index contributed by atoms with van der Waals surface area (Å²) in [6.45, 7) is 10.5. The molecule has 19 heavy (non-hydrogen) atoms. The van der Waals surface area contributed by atoms with Gasteiger partial charge in [-0.15, -0.1) is 0 Å². The zero-order valence-corrected chi connectivity index (χ0v) is 13.3. The number of rotatable bonds is 6. The fourth-order valence-corrected chi connectivity index (χ4v) is 3.98. The van der Waals surface area contributed by atoms with E-state index >= 15 is 0 Å². The summed E-state index contributed by atoms with van der Waals surface area (Å²) in [5.74, 6) is 0.850. The minimum absolute atomic E-state index is 0.275. The Hall–Kier alpha value is -0.0800. The summed E-state index contributed by atoms with van der Waals surface area (Å²) in [7, 11) is 0. The van der Waals surface area contributed by atoms with E-state index in [9.17, 15) is 0 Å². The van der Waals surface area contributed by atoms with Gasteiger partial charge in [-0.05, 0) is 62.9 Å². The van der Waals surface area contributed by atoms with Gasteiger partial charge < -0.3 is 10.1 Å². The van der Waals surface area contributed by atoms with Crippen molar-refractivity contribution in [2.75, 3.05) is 19.7 Å². The molecule has 1 aliphatic heterocycles. The van der Waals surface area contributed by atoms with Gasteiger partial charge in [0.05, 0.1) is 5.60 Å². The van der Waals surface area contributed by atoms with Gasteiger partial charge in [-0.3, -0.25) is 0 Å². The second kappa shape index (κ2) is 6.58. The molecule has 1 unspecified atom stereocenters. The molecule has 0 amide bonds. The van der Waals surface area contributed by atoms with Gasteiger partial charge in [0.15, 0.2) is 0 Å². The second-order valence-electron chi connectivity index (χ2n) is 7.42. The van der Waals surface area contributed by atoms with Crippen LogP contribution in [0.25, 0.3) is 0 Å². The van der Waals surface area contributed by atoms with Crippen LogP contribution in [0.3, 0.4) is 0 Å². The highest BCUT2D eigenvalue weighted by molar-refractivity contribution is 4.95. The molecular formula is C17H33NO. The molecule has 0 aromatic heterocycles. The Bertz CT molecular complexity index is 268. The molecule has 0 aromatic carbocycles. The Morgan fingerprint density at radius 2 is 1.95 bits per heavy atom. The summed E-state index contributed by atoms with van der Waals surface area (Å²) in [5, 5.41) is 3.56. The van der Waals surface area contributed by atoms with Crippen molar-refractivity contribution in [3.05, 3.63) is 0 Å². The highest BCUT2D eigenvalue weighted by atomic mass is 16.5. The quantitative estimate of drug-likeness (QED) is 0.730. The lowest BCUT2D eigenvalue weighted by molar-refractivity contribution is -0.113. The molecule has 2 rings (SSSR count). The fourth-order valence-electron chi connectivity index (χ4n) is 3.98. The highest BCUT2D eigenvalue weighted by Gasteiger charge is 2.43. The molecule has 0 bridgehead atoms. The van der Waals surface area contributed by atoms with Crippen molar-refractivity contribution in [1.29, 1.82) is 0 Å². The van der Waals surface area contributed by atoms with Crippen LogP contribution in [0.4, 0.5) is 0 Å². The fraction of sp³-hybridized carbons (Fsp3) is 1.00. The van der Waals surface area contributed by atoms with Gasteiger partial charge in [0.1, 0.15) is 0 Å². The summed E-state index contributed by atoms with van der Waals surface area (Å²) >= 11 is 0. The van der Waals surface area contributed by atoms with Gasteiger partial charge in [0.25, 0.3) is 0 Å². The van der Waals surface area contributed by atoms with E-state index in [1.165, 1.54) is 57.9 Å². The molecule has 1 saturated carbocycles. The molecule has 2 nitrogen and oxygen atoms in total. The Morgan fingerprint density at radius 1 is 1.21 bits per heavy atom. The largest absolute Gasteiger partial charge is 0.375 e. The van der Waals surface area contributed by atoms with Crippen molar-refractivity contribution in [3.8, 4) is 0 Å². The van der Waals surface area contributed by atoms with Gasteiger partial charge in [-0.1, -0.05) is 33.6 Å². The molecule has 1 N–H and O–H groups in total. The second-order valence-corrected chi connectivity index (χ2v) is 7.42. The Kier molecular flexibility index (Phi) is 5.30. The summed E-state index contributed by atoms with van der Waals surface area (Å²) in [5.41, 5.74) is 0.733. The first-order chi connectivity index (χ1) is 9.08. The molecule has 0 radical (unpaired) electrons. The zero-order chi connectivity index (χ0) is 13.8. The number of ether oxygens (including phenoxy) is 1. The monoisotopic (exact) mass is 267 g/mol. The van der Waals surface area contributed by atoms with Gasteiger partial charge in [-0.2, -0.15) is 0 Å². The normalized spacial score (nSPS) is 27.0. The third-order valence-electron chi connectivity index (χ3n) is 5.49. The van der Waals surface area contributed by atoms with E-state index in [1.54, 1.807) is 0 Å². The summed E-state index contributed by atoms with van der Waals surface area (Å²) in [6, 6.07) is 0. The number of hydrogen-bond acceptors (Lipinski definition) is 2. The average Bonchev–Trinajstić information content (AvgIpc) is 2.83. The van der Waals surface area contributed by atoms with Crippen molar-refractivity contribution in [2.24, 2.45) is 11.3 Å². The van der Waals surface area contributed by atoms with Crippen LogP contribution in [0.2, 0.25) is 0 Å². The van der Waals surface area contributed by atoms with Gasteiger partial charge >= 0.3 is 0 Å². The molecule has 1 atom stereocenters. The summed E-state index contributed by atoms with van der Waals surface area (Å²) in [4.78, 5) is 0. The lowest BCUT2D eigenvalue weighted by Crippen LogP contribution is -2.42. The van der Waals surface area contributed by atoms with E-state index in [1.807, 2.05) is 0 Å². The van der Waals surface area contributed by atoms with Crippen molar-refractivity contribution in [3.63, 3.8) is 0 Å². The molecule has 1 heterocycles.